The molecule has 0 atom stereocenters. The second-order valence-corrected chi connectivity index (χ2v) is 5.54. The number of hydrogen-bond acceptors (Lipinski definition) is 3. The molecule has 23 heavy (non-hydrogen) atoms. The van der Waals surface area contributed by atoms with Crippen LogP contribution in [-0.2, 0) is 6.42 Å². The van der Waals surface area contributed by atoms with Gasteiger partial charge in [0.05, 0.1) is 18.1 Å². The summed E-state index contributed by atoms with van der Waals surface area (Å²) in [6, 6.07) is 20.5. The van der Waals surface area contributed by atoms with Gasteiger partial charge in [-0.2, -0.15) is 0 Å². The third-order valence-electron chi connectivity index (χ3n) is 4.03. The van der Waals surface area contributed by atoms with Gasteiger partial charge in [0.1, 0.15) is 5.75 Å². The van der Waals surface area contributed by atoms with Crippen molar-refractivity contribution in [3.63, 3.8) is 0 Å². The molecule has 2 aromatic heterocycles. The average Bonchev–Trinajstić information content (AvgIpc) is 2.62. The van der Waals surface area contributed by atoms with Gasteiger partial charge in [0.25, 0.3) is 0 Å². The van der Waals surface area contributed by atoms with Crippen molar-refractivity contribution in [1.82, 2.24) is 9.97 Å². The lowest BCUT2D eigenvalue weighted by Crippen LogP contribution is -1.94. The summed E-state index contributed by atoms with van der Waals surface area (Å²) in [4.78, 5) is 9.35. The second kappa shape index (κ2) is 5.69. The monoisotopic (exact) mass is 300 g/mol. The van der Waals surface area contributed by atoms with Crippen LogP contribution in [0.1, 0.15) is 11.3 Å². The minimum Gasteiger partial charge on any atom is -0.497 e. The summed E-state index contributed by atoms with van der Waals surface area (Å²) >= 11 is 0. The SMILES string of the molecule is COc1ccc(Cc2ccc3ccc4cccnc4c3n2)cc1. The molecule has 0 amide bonds. The van der Waals surface area contributed by atoms with Crippen molar-refractivity contribution >= 4 is 21.8 Å². The van der Waals surface area contributed by atoms with Gasteiger partial charge in [0, 0.05) is 29.1 Å². The maximum Gasteiger partial charge on any atom is 0.118 e. The number of pyridine rings is 2. The van der Waals surface area contributed by atoms with E-state index < -0.39 is 0 Å². The van der Waals surface area contributed by atoms with Gasteiger partial charge < -0.3 is 4.74 Å². The number of aromatic nitrogens is 2. The lowest BCUT2D eigenvalue weighted by atomic mass is 10.1. The minimum atomic E-state index is 0.795. The molecule has 0 fully saturated rings. The van der Waals surface area contributed by atoms with Crippen molar-refractivity contribution in [1.29, 1.82) is 0 Å². The molecule has 0 aliphatic rings. The fraction of sp³-hybridized carbons (Fsp3) is 0.100. The smallest absolute Gasteiger partial charge is 0.118 e. The number of benzene rings is 2. The summed E-state index contributed by atoms with van der Waals surface area (Å²) in [5.41, 5.74) is 4.18. The topological polar surface area (TPSA) is 35.0 Å². The highest BCUT2D eigenvalue weighted by Gasteiger charge is 2.05. The summed E-state index contributed by atoms with van der Waals surface area (Å²) < 4.78 is 5.20. The zero-order valence-electron chi connectivity index (χ0n) is 12.9. The van der Waals surface area contributed by atoms with Crippen LogP contribution in [0, 0.1) is 0 Å². The fourth-order valence-electron chi connectivity index (χ4n) is 2.82. The van der Waals surface area contributed by atoms with Gasteiger partial charge in [-0.15, -0.1) is 0 Å². The molecule has 0 bridgehead atoms. The summed E-state index contributed by atoms with van der Waals surface area (Å²) in [6.07, 6.45) is 2.61. The molecule has 0 unspecified atom stereocenters. The van der Waals surface area contributed by atoms with E-state index in [4.69, 9.17) is 9.72 Å². The van der Waals surface area contributed by atoms with Gasteiger partial charge in [-0.25, -0.2) is 0 Å². The standard InChI is InChI=1S/C20H16N2O/c1-23-18-10-4-14(5-11-18)13-17-9-8-16-7-6-15-3-2-12-21-19(15)20(16)22-17/h2-12H,13H2,1H3. The van der Waals surface area contributed by atoms with Crippen molar-refractivity contribution in [2.75, 3.05) is 7.11 Å². The molecule has 4 rings (SSSR count). The normalized spacial score (nSPS) is 11.0. The van der Waals surface area contributed by atoms with E-state index >= 15 is 0 Å². The third-order valence-corrected chi connectivity index (χ3v) is 4.03. The van der Waals surface area contributed by atoms with Crippen LogP contribution in [0.4, 0.5) is 0 Å². The molecular weight excluding hydrogens is 284 g/mol. The molecule has 0 radical (unpaired) electrons. The number of methoxy groups -OCH3 is 1. The van der Waals surface area contributed by atoms with Gasteiger partial charge in [-0.1, -0.05) is 36.4 Å². The van der Waals surface area contributed by atoms with Crippen LogP contribution in [0.25, 0.3) is 21.8 Å². The Morgan fingerprint density at radius 2 is 1.57 bits per heavy atom. The van der Waals surface area contributed by atoms with Crippen LogP contribution >= 0.6 is 0 Å². The van der Waals surface area contributed by atoms with Crippen molar-refractivity contribution in [3.05, 3.63) is 78.1 Å². The van der Waals surface area contributed by atoms with Gasteiger partial charge in [0.2, 0.25) is 0 Å². The quantitative estimate of drug-likeness (QED) is 0.527. The highest BCUT2D eigenvalue weighted by Crippen LogP contribution is 2.23. The van der Waals surface area contributed by atoms with Crippen LogP contribution in [0.3, 0.4) is 0 Å². The van der Waals surface area contributed by atoms with Gasteiger partial charge >= 0.3 is 0 Å². The zero-order chi connectivity index (χ0) is 15.6. The Morgan fingerprint density at radius 3 is 2.35 bits per heavy atom. The Balaban J connectivity index is 1.76. The van der Waals surface area contributed by atoms with E-state index in [0.717, 1.165) is 39.7 Å². The first kappa shape index (κ1) is 13.7. The van der Waals surface area contributed by atoms with E-state index in [9.17, 15) is 0 Å². The van der Waals surface area contributed by atoms with Gasteiger partial charge in [0.15, 0.2) is 0 Å². The first-order valence-corrected chi connectivity index (χ1v) is 7.60. The lowest BCUT2D eigenvalue weighted by Gasteiger charge is -2.06. The maximum absolute atomic E-state index is 5.20. The maximum atomic E-state index is 5.20. The van der Waals surface area contributed by atoms with Crippen LogP contribution in [0.5, 0.6) is 5.75 Å². The summed E-state index contributed by atoms with van der Waals surface area (Å²) in [5.74, 6) is 0.871. The van der Waals surface area contributed by atoms with Crippen molar-refractivity contribution < 1.29 is 4.74 Å². The Morgan fingerprint density at radius 1 is 0.826 bits per heavy atom. The molecule has 0 saturated heterocycles. The van der Waals surface area contributed by atoms with E-state index in [1.54, 1.807) is 7.11 Å². The molecule has 2 heterocycles. The largest absolute Gasteiger partial charge is 0.497 e. The fourth-order valence-corrected chi connectivity index (χ4v) is 2.82. The number of fused-ring (bicyclic) bond motifs is 3. The Hall–Kier alpha value is -2.94. The average molecular weight is 300 g/mol. The van der Waals surface area contributed by atoms with Crippen molar-refractivity contribution in [3.8, 4) is 5.75 Å². The molecule has 2 aromatic carbocycles. The molecule has 0 N–H and O–H groups in total. The van der Waals surface area contributed by atoms with Crippen LogP contribution in [-0.4, -0.2) is 17.1 Å². The minimum absolute atomic E-state index is 0.795. The number of rotatable bonds is 3. The molecule has 3 heteroatoms. The zero-order valence-corrected chi connectivity index (χ0v) is 12.9. The first-order valence-electron chi connectivity index (χ1n) is 7.60. The highest BCUT2D eigenvalue weighted by atomic mass is 16.5. The molecule has 112 valence electrons. The van der Waals surface area contributed by atoms with Crippen molar-refractivity contribution in [2.45, 2.75) is 6.42 Å². The number of ether oxygens (including phenoxy) is 1. The van der Waals surface area contributed by atoms with Crippen molar-refractivity contribution in [2.24, 2.45) is 0 Å². The van der Waals surface area contributed by atoms with Crippen LogP contribution in [0.15, 0.2) is 66.9 Å². The van der Waals surface area contributed by atoms with E-state index in [1.807, 2.05) is 24.4 Å². The third kappa shape index (κ3) is 2.61. The van der Waals surface area contributed by atoms with E-state index in [-0.39, 0.29) is 0 Å². The predicted octanol–water partition coefficient (Wildman–Crippen LogP) is 4.38. The summed E-state index contributed by atoms with van der Waals surface area (Å²) in [6.45, 7) is 0. The molecule has 0 spiro atoms. The number of hydrogen-bond donors (Lipinski definition) is 0. The molecular formula is C20H16N2O. The van der Waals surface area contributed by atoms with Crippen LogP contribution in [0.2, 0.25) is 0 Å². The summed E-state index contributed by atoms with van der Waals surface area (Å²) in [7, 11) is 1.68. The van der Waals surface area contributed by atoms with E-state index in [1.165, 1.54) is 5.56 Å². The van der Waals surface area contributed by atoms with Gasteiger partial charge in [-0.3, -0.25) is 9.97 Å². The van der Waals surface area contributed by atoms with Gasteiger partial charge in [-0.05, 0) is 29.8 Å². The second-order valence-electron chi connectivity index (χ2n) is 5.54. The highest BCUT2D eigenvalue weighted by molar-refractivity contribution is 6.02. The van der Waals surface area contributed by atoms with E-state index in [0.29, 0.717) is 0 Å². The Bertz CT molecular complexity index is 978. The number of nitrogens with zero attached hydrogens (tertiary/aromatic N) is 2. The first-order chi connectivity index (χ1) is 11.3. The lowest BCUT2D eigenvalue weighted by molar-refractivity contribution is 0.414. The molecule has 0 aliphatic heterocycles. The Kier molecular flexibility index (Phi) is 3.39. The predicted molar refractivity (Wildman–Crippen MR) is 92.8 cm³/mol. The molecule has 3 nitrogen and oxygen atoms in total. The molecule has 4 aromatic rings. The van der Waals surface area contributed by atoms with E-state index in [2.05, 4.69) is 47.4 Å². The molecule has 0 aliphatic carbocycles. The van der Waals surface area contributed by atoms with Crippen LogP contribution < -0.4 is 4.74 Å². The molecule has 0 saturated carbocycles. The summed E-state index contributed by atoms with van der Waals surface area (Å²) in [5, 5.41) is 2.24. The Labute approximate surface area is 134 Å².